The van der Waals surface area contributed by atoms with Gasteiger partial charge < -0.3 is 10.5 Å². The minimum absolute atomic E-state index is 0.0244. The van der Waals surface area contributed by atoms with Gasteiger partial charge in [0.25, 0.3) is 0 Å². The zero-order valence-electron chi connectivity index (χ0n) is 9.67. The van der Waals surface area contributed by atoms with Gasteiger partial charge in [0.1, 0.15) is 5.75 Å². The van der Waals surface area contributed by atoms with Crippen LogP contribution in [0.3, 0.4) is 0 Å². The summed E-state index contributed by atoms with van der Waals surface area (Å²) in [5, 5.41) is 0.613. The van der Waals surface area contributed by atoms with E-state index in [9.17, 15) is 0 Å². The molecular formula is C12H18ClNO. The van der Waals surface area contributed by atoms with Crippen LogP contribution in [0, 0.1) is 5.41 Å². The van der Waals surface area contributed by atoms with E-state index in [1.54, 1.807) is 7.11 Å². The number of nitrogens with two attached hydrogens (primary N) is 1. The molecule has 15 heavy (non-hydrogen) atoms. The highest BCUT2D eigenvalue weighted by atomic mass is 35.5. The van der Waals surface area contributed by atoms with Crippen molar-refractivity contribution >= 4 is 11.6 Å². The molecule has 0 heterocycles. The van der Waals surface area contributed by atoms with Crippen LogP contribution in [-0.2, 0) is 0 Å². The summed E-state index contributed by atoms with van der Waals surface area (Å²) in [5.41, 5.74) is 7.22. The van der Waals surface area contributed by atoms with E-state index in [-0.39, 0.29) is 11.5 Å². The summed E-state index contributed by atoms with van der Waals surface area (Å²) in [6.45, 7) is 6.33. The second-order valence-electron chi connectivity index (χ2n) is 4.74. The molecule has 0 fully saturated rings. The molecule has 2 N–H and O–H groups in total. The van der Waals surface area contributed by atoms with Crippen molar-refractivity contribution in [3.63, 3.8) is 0 Å². The van der Waals surface area contributed by atoms with Gasteiger partial charge in [-0.15, -0.1) is 0 Å². The third kappa shape index (κ3) is 2.86. The number of methoxy groups -OCH3 is 1. The first-order valence-electron chi connectivity index (χ1n) is 4.95. The lowest BCUT2D eigenvalue weighted by molar-refractivity contribution is 0.325. The average molecular weight is 228 g/mol. The summed E-state index contributed by atoms with van der Waals surface area (Å²) in [5.74, 6) is 0.675. The van der Waals surface area contributed by atoms with Crippen LogP contribution in [0.2, 0.25) is 5.02 Å². The Bertz CT molecular complexity index is 344. The van der Waals surface area contributed by atoms with E-state index in [0.717, 1.165) is 5.56 Å². The van der Waals surface area contributed by atoms with E-state index in [2.05, 4.69) is 20.8 Å². The molecule has 1 unspecified atom stereocenters. The van der Waals surface area contributed by atoms with Crippen molar-refractivity contribution in [3.8, 4) is 5.75 Å². The smallest absolute Gasteiger partial charge is 0.137 e. The first kappa shape index (κ1) is 12.3. The molecule has 0 radical (unpaired) electrons. The van der Waals surface area contributed by atoms with E-state index in [1.807, 2.05) is 18.2 Å². The van der Waals surface area contributed by atoms with Crippen molar-refractivity contribution in [2.24, 2.45) is 11.1 Å². The van der Waals surface area contributed by atoms with E-state index in [4.69, 9.17) is 22.1 Å². The van der Waals surface area contributed by atoms with Crippen LogP contribution in [-0.4, -0.2) is 7.11 Å². The standard InChI is InChI=1S/C12H18ClNO/c1-12(2,3)11(14)8-5-6-9(13)10(7-8)15-4/h5-7,11H,14H2,1-4H3. The zero-order valence-corrected chi connectivity index (χ0v) is 10.4. The van der Waals surface area contributed by atoms with Gasteiger partial charge in [-0.25, -0.2) is 0 Å². The monoisotopic (exact) mass is 227 g/mol. The van der Waals surface area contributed by atoms with E-state index >= 15 is 0 Å². The largest absolute Gasteiger partial charge is 0.495 e. The second-order valence-corrected chi connectivity index (χ2v) is 5.14. The molecule has 1 aromatic carbocycles. The second kappa shape index (κ2) is 4.42. The molecule has 84 valence electrons. The predicted molar refractivity (Wildman–Crippen MR) is 64.4 cm³/mol. The lowest BCUT2D eigenvalue weighted by atomic mass is 9.83. The highest BCUT2D eigenvalue weighted by Crippen LogP contribution is 2.34. The molecule has 1 atom stereocenters. The van der Waals surface area contributed by atoms with Crippen molar-refractivity contribution < 1.29 is 4.74 Å². The maximum atomic E-state index is 6.15. The number of benzene rings is 1. The number of halogens is 1. The fourth-order valence-corrected chi connectivity index (χ4v) is 1.56. The van der Waals surface area contributed by atoms with Crippen molar-refractivity contribution in [3.05, 3.63) is 28.8 Å². The average Bonchev–Trinajstić information content (AvgIpc) is 2.16. The quantitative estimate of drug-likeness (QED) is 0.841. The molecule has 3 heteroatoms. The zero-order chi connectivity index (χ0) is 11.6. The topological polar surface area (TPSA) is 35.2 Å². The van der Waals surface area contributed by atoms with E-state index < -0.39 is 0 Å². The van der Waals surface area contributed by atoms with Crippen LogP contribution < -0.4 is 10.5 Å². The molecule has 2 nitrogen and oxygen atoms in total. The number of hydrogen-bond acceptors (Lipinski definition) is 2. The molecular weight excluding hydrogens is 210 g/mol. The van der Waals surface area contributed by atoms with Crippen LogP contribution in [0.15, 0.2) is 18.2 Å². The third-order valence-electron chi connectivity index (χ3n) is 2.47. The Labute approximate surface area is 96.4 Å². The number of hydrogen-bond donors (Lipinski definition) is 1. The first-order chi connectivity index (χ1) is 6.86. The maximum absolute atomic E-state index is 6.15. The van der Waals surface area contributed by atoms with Crippen LogP contribution in [0.4, 0.5) is 0 Å². The molecule has 0 saturated carbocycles. The van der Waals surface area contributed by atoms with Crippen LogP contribution in [0.25, 0.3) is 0 Å². The van der Waals surface area contributed by atoms with Gasteiger partial charge in [-0.05, 0) is 23.1 Å². The van der Waals surface area contributed by atoms with Gasteiger partial charge in [-0.2, -0.15) is 0 Å². The molecule has 0 spiro atoms. The highest BCUT2D eigenvalue weighted by molar-refractivity contribution is 6.32. The van der Waals surface area contributed by atoms with Crippen molar-refractivity contribution in [1.29, 1.82) is 0 Å². The van der Waals surface area contributed by atoms with Crippen molar-refractivity contribution in [2.75, 3.05) is 7.11 Å². The van der Waals surface area contributed by atoms with Crippen LogP contribution in [0.1, 0.15) is 32.4 Å². The maximum Gasteiger partial charge on any atom is 0.137 e. The summed E-state index contributed by atoms with van der Waals surface area (Å²) in [4.78, 5) is 0. The Morgan fingerprint density at radius 1 is 1.33 bits per heavy atom. The van der Waals surface area contributed by atoms with Gasteiger partial charge in [-0.3, -0.25) is 0 Å². The molecule has 0 bridgehead atoms. The fraction of sp³-hybridized carbons (Fsp3) is 0.500. The van der Waals surface area contributed by atoms with Gasteiger partial charge in [0.15, 0.2) is 0 Å². The molecule has 0 saturated heterocycles. The Morgan fingerprint density at radius 2 is 1.93 bits per heavy atom. The minimum Gasteiger partial charge on any atom is -0.495 e. The Morgan fingerprint density at radius 3 is 2.40 bits per heavy atom. The lowest BCUT2D eigenvalue weighted by Crippen LogP contribution is -2.26. The highest BCUT2D eigenvalue weighted by Gasteiger charge is 2.22. The number of rotatable bonds is 2. The molecule has 0 aliphatic rings. The van der Waals surface area contributed by atoms with Gasteiger partial charge in [0, 0.05) is 6.04 Å². The number of ether oxygens (including phenoxy) is 1. The van der Waals surface area contributed by atoms with Gasteiger partial charge in [0.2, 0.25) is 0 Å². The van der Waals surface area contributed by atoms with Gasteiger partial charge in [0.05, 0.1) is 12.1 Å². The molecule has 1 rings (SSSR count). The predicted octanol–water partition coefficient (Wildman–Crippen LogP) is 3.39. The molecule has 0 aliphatic carbocycles. The molecule has 0 amide bonds. The first-order valence-corrected chi connectivity index (χ1v) is 5.33. The summed E-state index contributed by atoms with van der Waals surface area (Å²) >= 11 is 5.95. The van der Waals surface area contributed by atoms with Crippen molar-refractivity contribution in [1.82, 2.24) is 0 Å². The molecule has 0 aliphatic heterocycles. The summed E-state index contributed by atoms with van der Waals surface area (Å²) < 4.78 is 5.16. The Balaban J connectivity index is 3.06. The van der Waals surface area contributed by atoms with E-state index in [0.29, 0.717) is 10.8 Å². The Kier molecular flexibility index (Phi) is 3.63. The molecule has 0 aromatic heterocycles. The fourth-order valence-electron chi connectivity index (χ4n) is 1.37. The SMILES string of the molecule is COc1cc(C(N)C(C)(C)C)ccc1Cl. The van der Waals surface area contributed by atoms with Gasteiger partial charge >= 0.3 is 0 Å². The third-order valence-corrected chi connectivity index (χ3v) is 2.78. The normalized spacial score (nSPS) is 13.7. The van der Waals surface area contributed by atoms with Crippen LogP contribution in [0.5, 0.6) is 5.75 Å². The molecule has 1 aromatic rings. The van der Waals surface area contributed by atoms with E-state index in [1.165, 1.54) is 0 Å². The minimum atomic E-state index is -0.0244. The van der Waals surface area contributed by atoms with Gasteiger partial charge in [-0.1, -0.05) is 38.4 Å². The van der Waals surface area contributed by atoms with Crippen LogP contribution >= 0.6 is 11.6 Å². The summed E-state index contributed by atoms with van der Waals surface area (Å²) in [7, 11) is 1.60. The Hall–Kier alpha value is -0.730. The van der Waals surface area contributed by atoms with Crippen molar-refractivity contribution in [2.45, 2.75) is 26.8 Å². The lowest BCUT2D eigenvalue weighted by Gasteiger charge is -2.27. The summed E-state index contributed by atoms with van der Waals surface area (Å²) in [6.07, 6.45) is 0. The summed E-state index contributed by atoms with van der Waals surface area (Å²) in [6, 6.07) is 5.64.